The summed E-state index contributed by atoms with van der Waals surface area (Å²) in [6.07, 6.45) is 2.57. The highest BCUT2D eigenvalue weighted by atomic mass is 16.5. The Kier molecular flexibility index (Phi) is 6.09. The molecule has 3 heterocycles. The Labute approximate surface area is 176 Å². The van der Waals surface area contributed by atoms with Crippen molar-refractivity contribution in [2.75, 3.05) is 38.7 Å². The van der Waals surface area contributed by atoms with Crippen molar-refractivity contribution >= 4 is 5.95 Å². The van der Waals surface area contributed by atoms with Crippen LogP contribution in [0.5, 0.6) is 5.75 Å². The third-order valence-electron chi connectivity index (χ3n) is 5.66. The highest BCUT2D eigenvalue weighted by Crippen LogP contribution is 2.36. The summed E-state index contributed by atoms with van der Waals surface area (Å²) in [5.74, 6) is 1.79. The third kappa shape index (κ3) is 4.52. The first-order chi connectivity index (χ1) is 14.6. The van der Waals surface area contributed by atoms with Gasteiger partial charge in [-0.05, 0) is 29.8 Å². The van der Waals surface area contributed by atoms with E-state index in [-0.39, 0.29) is 17.4 Å². The molecule has 7 nitrogen and oxygen atoms in total. The van der Waals surface area contributed by atoms with Crippen molar-refractivity contribution in [1.29, 1.82) is 0 Å². The number of methoxy groups -OCH3 is 1. The fourth-order valence-electron chi connectivity index (χ4n) is 3.98. The number of H-pyrrole nitrogens is 1. The molecule has 0 aliphatic carbocycles. The lowest BCUT2D eigenvalue weighted by Crippen LogP contribution is -2.27. The molecular weight excluding hydrogens is 378 g/mol. The molecule has 1 aliphatic rings. The summed E-state index contributed by atoms with van der Waals surface area (Å²) < 4.78 is 5.39. The minimum absolute atomic E-state index is 0.127. The third-order valence-corrected chi connectivity index (χ3v) is 5.66. The van der Waals surface area contributed by atoms with E-state index in [0.29, 0.717) is 12.5 Å². The van der Waals surface area contributed by atoms with E-state index in [1.807, 2.05) is 42.3 Å². The molecule has 2 atom stereocenters. The second-order valence-electron chi connectivity index (χ2n) is 7.63. The van der Waals surface area contributed by atoms with Crippen molar-refractivity contribution in [2.45, 2.75) is 18.3 Å². The second kappa shape index (κ2) is 9.09. The van der Waals surface area contributed by atoms with E-state index >= 15 is 0 Å². The lowest BCUT2D eigenvalue weighted by atomic mass is 9.86. The highest BCUT2D eigenvalue weighted by molar-refractivity contribution is 5.36. The largest absolute Gasteiger partial charge is 0.497 e. The minimum atomic E-state index is -0.129. The van der Waals surface area contributed by atoms with E-state index in [0.717, 1.165) is 36.6 Å². The van der Waals surface area contributed by atoms with Gasteiger partial charge in [-0.15, -0.1) is 0 Å². The zero-order valence-electron chi connectivity index (χ0n) is 17.3. The van der Waals surface area contributed by atoms with Gasteiger partial charge in [0.2, 0.25) is 5.95 Å². The van der Waals surface area contributed by atoms with Gasteiger partial charge in [0.1, 0.15) is 5.75 Å². The van der Waals surface area contributed by atoms with Crippen molar-refractivity contribution in [3.05, 3.63) is 82.0 Å². The molecular formula is C23H27N5O2. The van der Waals surface area contributed by atoms with Crippen LogP contribution in [0.4, 0.5) is 5.95 Å². The molecule has 30 heavy (non-hydrogen) atoms. The monoisotopic (exact) mass is 405 g/mol. The van der Waals surface area contributed by atoms with E-state index < -0.39 is 0 Å². The second-order valence-corrected chi connectivity index (χ2v) is 7.63. The average Bonchev–Trinajstić information content (AvgIpc) is 3.28. The zero-order valence-corrected chi connectivity index (χ0v) is 17.3. The van der Waals surface area contributed by atoms with Crippen molar-refractivity contribution < 1.29 is 4.74 Å². The van der Waals surface area contributed by atoms with Crippen molar-refractivity contribution in [3.63, 3.8) is 0 Å². The summed E-state index contributed by atoms with van der Waals surface area (Å²) in [5, 5.41) is 3.46. The Balaban J connectivity index is 1.55. The molecule has 0 saturated carbocycles. The fraction of sp³-hybridized carbons (Fsp3) is 0.348. The first-order valence-corrected chi connectivity index (χ1v) is 10.2. The van der Waals surface area contributed by atoms with Crippen LogP contribution in [0.15, 0.2) is 59.5 Å². The summed E-state index contributed by atoms with van der Waals surface area (Å²) >= 11 is 0. The first kappa shape index (κ1) is 20.1. The summed E-state index contributed by atoms with van der Waals surface area (Å²) in [6.45, 7) is 2.35. The minimum Gasteiger partial charge on any atom is -0.497 e. The van der Waals surface area contributed by atoms with Crippen molar-refractivity contribution in [1.82, 2.24) is 20.3 Å². The Morgan fingerprint density at radius 2 is 2.00 bits per heavy atom. The van der Waals surface area contributed by atoms with Gasteiger partial charge in [0, 0.05) is 62.9 Å². The summed E-state index contributed by atoms with van der Waals surface area (Å²) in [6, 6.07) is 15.6. The predicted molar refractivity (Wildman–Crippen MR) is 117 cm³/mol. The Bertz CT molecular complexity index is 1040. The van der Waals surface area contributed by atoms with Gasteiger partial charge in [0.05, 0.1) is 12.8 Å². The number of anilines is 1. The molecule has 0 spiro atoms. The number of aromatic nitrogens is 3. The number of aromatic amines is 1. The number of benzene rings is 1. The SMILES string of the molecule is COc1cccc([C@@H]2CNC[C@H]2c2cc(=O)[nH]c(N(C)CCc3ccccn3)n2)c1. The molecule has 2 aromatic heterocycles. The molecule has 4 rings (SSSR count). The summed E-state index contributed by atoms with van der Waals surface area (Å²) in [5.41, 5.74) is 2.89. The van der Waals surface area contributed by atoms with Crippen LogP contribution in [-0.4, -0.2) is 48.7 Å². The molecule has 156 valence electrons. The average molecular weight is 406 g/mol. The molecule has 1 aromatic carbocycles. The molecule has 1 fully saturated rings. The van der Waals surface area contributed by atoms with Crippen molar-refractivity contribution in [2.24, 2.45) is 0 Å². The highest BCUT2D eigenvalue weighted by Gasteiger charge is 2.31. The maximum Gasteiger partial charge on any atom is 0.252 e. The fourth-order valence-corrected chi connectivity index (χ4v) is 3.98. The van der Waals surface area contributed by atoms with E-state index in [1.54, 1.807) is 19.4 Å². The zero-order chi connectivity index (χ0) is 20.9. The van der Waals surface area contributed by atoms with Gasteiger partial charge < -0.3 is 15.0 Å². The molecule has 3 aromatic rings. The maximum absolute atomic E-state index is 12.4. The van der Waals surface area contributed by atoms with Gasteiger partial charge in [0.15, 0.2) is 0 Å². The van der Waals surface area contributed by atoms with Crippen LogP contribution in [-0.2, 0) is 6.42 Å². The van der Waals surface area contributed by atoms with Crippen LogP contribution in [0.2, 0.25) is 0 Å². The van der Waals surface area contributed by atoms with Crippen LogP contribution in [0.1, 0.15) is 28.8 Å². The number of likely N-dealkylation sites (N-methyl/N-ethyl adjacent to an activating group) is 1. The van der Waals surface area contributed by atoms with E-state index in [2.05, 4.69) is 27.4 Å². The molecule has 0 radical (unpaired) electrons. The van der Waals surface area contributed by atoms with Gasteiger partial charge in [-0.25, -0.2) is 4.98 Å². The number of ether oxygens (including phenoxy) is 1. The van der Waals surface area contributed by atoms with Crippen LogP contribution in [0, 0.1) is 0 Å². The topological polar surface area (TPSA) is 83.1 Å². The quantitative estimate of drug-likeness (QED) is 0.628. The van der Waals surface area contributed by atoms with E-state index in [4.69, 9.17) is 9.72 Å². The Hall–Kier alpha value is -3.19. The number of hydrogen-bond donors (Lipinski definition) is 2. The lowest BCUT2D eigenvalue weighted by molar-refractivity contribution is 0.413. The molecule has 1 aliphatic heterocycles. The normalized spacial score (nSPS) is 18.3. The molecule has 0 amide bonds. The molecule has 7 heteroatoms. The molecule has 1 saturated heterocycles. The Morgan fingerprint density at radius 3 is 2.80 bits per heavy atom. The van der Waals surface area contributed by atoms with Gasteiger partial charge in [-0.1, -0.05) is 18.2 Å². The van der Waals surface area contributed by atoms with E-state index in [9.17, 15) is 4.79 Å². The van der Waals surface area contributed by atoms with Gasteiger partial charge in [-0.2, -0.15) is 0 Å². The number of nitrogens with one attached hydrogen (secondary N) is 2. The first-order valence-electron chi connectivity index (χ1n) is 10.2. The van der Waals surface area contributed by atoms with Gasteiger partial charge in [0.25, 0.3) is 5.56 Å². The molecule has 0 unspecified atom stereocenters. The number of hydrogen-bond acceptors (Lipinski definition) is 6. The summed E-state index contributed by atoms with van der Waals surface area (Å²) in [4.78, 5) is 26.5. The van der Waals surface area contributed by atoms with Crippen LogP contribution in [0.3, 0.4) is 0 Å². The van der Waals surface area contributed by atoms with Crippen LogP contribution < -0.4 is 20.5 Å². The predicted octanol–water partition coefficient (Wildman–Crippen LogP) is 2.32. The number of nitrogens with zero attached hydrogens (tertiary/aromatic N) is 3. The summed E-state index contributed by atoms with van der Waals surface area (Å²) in [7, 11) is 3.62. The molecule has 0 bridgehead atoms. The van der Waals surface area contributed by atoms with Gasteiger partial charge >= 0.3 is 0 Å². The van der Waals surface area contributed by atoms with E-state index in [1.165, 1.54) is 5.56 Å². The lowest BCUT2D eigenvalue weighted by Gasteiger charge is -2.22. The number of rotatable bonds is 7. The number of pyridine rings is 1. The standard InChI is InChI=1S/C23H27N5O2/c1-28(11-9-17-7-3-4-10-25-17)23-26-21(13-22(29)27-23)20-15-24-14-19(20)16-6-5-8-18(12-16)30-2/h3-8,10,12-13,19-20,24H,9,11,14-15H2,1-2H3,(H,26,27,29)/t19-,20+/m0/s1. The van der Waals surface area contributed by atoms with Crippen LogP contribution in [0.25, 0.3) is 0 Å². The Morgan fingerprint density at radius 1 is 1.13 bits per heavy atom. The maximum atomic E-state index is 12.4. The smallest absolute Gasteiger partial charge is 0.252 e. The molecule has 2 N–H and O–H groups in total. The van der Waals surface area contributed by atoms with Crippen molar-refractivity contribution in [3.8, 4) is 5.75 Å². The van der Waals surface area contributed by atoms with Gasteiger partial charge in [-0.3, -0.25) is 14.8 Å². The van der Waals surface area contributed by atoms with Crippen LogP contribution >= 0.6 is 0 Å².